The lowest BCUT2D eigenvalue weighted by molar-refractivity contribution is 0.374. The number of hydrogen-bond donors (Lipinski definition) is 2. The van der Waals surface area contributed by atoms with Crippen LogP contribution in [0.4, 0.5) is 15.9 Å². The SMILES string of the molecule is COc1cc2c(Nc3ccc(Cl)c(Cl)c3F)ncnc2cc1O.Cl. The number of nitrogens with zero attached hydrogens (tertiary/aromatic N) is 2. The van der Waals surface area contributed by atoms with E-state index in [9.17, 15) is 9.50 Å². The summed E-state index contributed by atoms with van der Waals surface area (Å²) in [6, 6.07) is 5.93. The highest BCUT2D eigenvalue weighted by atomic mass is 35.5. The Labute approximate surface area is 152 Å². The van der Waals surface area contributed by atoms with Crippen molar-refractivity contribution in [3.8, 4) is 11.5 Å². The zero-order valence-electron chi connectivity index (χ0n) is 12.2. The minimum absolute atomic E-state index is 0. The van der Waals surface area contributed by atoms with Crippen molar-refractivity contribution in [2.75, 3.05) is 12.4 Å². The molecule has 0 radical (unpaired) electrons. The van der Waals surface area contributed by atoms with Crippen LogP contribution in [0.3, 0.4) is 0 Å². The first-order valence-corrected chi connectivity index (χ1v) is 7.19. The molecule has 0 unspecified atom stereocenters. The largest absolute Gasteiger partial charge is 0.504 e. The molecule has 1 aromatic heterocycles. The molecular weight excluding hydrogens is 380 g/mol. The minimum Gasteiger partial charge on any atom is -0.504 e. The molecule has 0 aliphatic rings. The second-order valence-electron chi connectivity index (χ2n) is 4.61. The maximum atomic E-state index is 14.2. The molecule has 0 aliphatic heterocycles. The van der Waals surface area contributed by atoms with Gasteiger partial charge in [0.2, 0.25) is 0 Å². The van der Waals surface area contributed by atoms with Crippen molar-refractivity contribution in [3.05, 3.63) is 46.5 Å². The molecule has 0 fully saturated rings. The summed E-state index contributed by atoms with van der Waals surface area (Å²) in [4.78, 5) is 8.16. The Morgan fingerprint density at radius 3 is 2.67 bits per heavy atom. The number of hydrogen-bond acceptors (Lipinski definition) is 5. The number of aromatic hydroxyl groups is 1. The molecule has 0 aliphatic carbocycles. The molecule has 9 heteroatoms. The van der Waals surface area contributed by atoms with Crippen LogP contribution in [0.25, 0.3) is 10.9 Å². The average molecular weight is 391 g/mol. The summed E-state index contributed by atoms with van der Waals surface area (Å²) in [5.41, 5.74) is 0.590. The summed E-state index contributed by atoms with van der Waals surface area (Å²) in [7, 11) is 1.43. The zero-order valence-corrected chi connectivity index (χ0v) is 14.5. The van der Waals surface area contributed by atoms with Crippen molar-refractivity contribution in [2.24, 2.45) is 0 Å². The van der Waals surface area contributed by atoms with Crippen molar-refractivity contribution in [1.82, 2.24) is 9.97 Å². The molecule has 0 spiro atoms. The average Bonchev–Trinajstić information content (AvgIpc) is 2.55. The van der Waals surface area contributed by atoms with Crippen molar-refractivity contribution in [3.63, 3.8) is 0 Å². The molecule has 3 rings (SSSR count). The second-order valence-corrected chi connectivity index (χ2v) is 5.40. The Morgan fingerprint density at radius 1 is 1.21 bits per heavy atom. The molecule has 1 heterocycles. The van der Waals surface area contributed by atoms with E-state index in [4.69, 9.17) is 27.9 Å². The highest BCUT2D eigenvalue weighted by molar-refractivity contribution is 6.42. The smallest absolute Gasteiger partial charge is 0.166 e. The quantitative estimate of drug-likeness (QED) is 0.619. The molecule has 3 aromatic rings. The van der Waals surface area contributed by atoms with Crippen LogP contribution < -0.4 is 10.1 Å². The van der Waals surface area contributed by atoms with Crippen LogP contribution in [0.2, 0.25) is 10.0 Å². The summed E-state index contributed by atoms with van der Waals surface area (Å²) >= 11 is 11.6. The normalized spacial score (nSPS) is 10.3. The Bertz CT molecular complexity index is 909. The molecule has 0 saturated heterocycles. The third-order valence-electron chi connectivity index (χ3n) is 3.22. The number of fused-ring (bicyclic) bond motifs is 1. The predicted molar refractivity (Wildman–Crippen MR) is 94.7 cm³/mol. The van der Waals surface area contributed by atoms with Gasteiger partial charge in [0.1, 0.15) is 12.1 Å². The number of phenols is 1. The van der Waals surface area contributed by atoms with Gasteiger partial charge in [0, 0.05) is 11.5 Å². The summed E-state index contributed by atoms with van der Waals surface area (Å²) in [6.07, 6.45) is 1.30. The Kier molecular flexibility index (Phi) is 5.54. The number of halogens is 4. The number of benzene rings is 2. The zero-order chi connectivity index (χ0) is 16.6. The molecular formula is C15H11Cl3FN3O2. The molecule has 0 amide bonds. The van der Waals surface area contributed by atoms with Crippen LogP contribution in [0.1, 0.15) is 0 Å². The fraction of sp³-hybridized carbons (Fsp3) is 0.0667. The predicted octanol–water partition coefficient (Wildman–Crippen LogP) is 4.96. The van der Waals surface area contributed by atoms with Crippen LogP contribution in [0.15, 0.2) is 30.6 Å². The minimum atomic E-state index is -0.684. The van der Waals surface area contributed by atoms with Crippen molar-refractivity contribution >= 4 is 58.0 Å². The van der Waals surface area contributed by atoms with Gasteiger partial charge in [-0.2, -0.15) is 0 Å². The van der Waals surface area contributed by atoms with Gasteiger partial charge in [-0.3, -0.25) is 0 Å². The molecule has 2 aromatic carbocycles. The molecule has 0 atom stereocenters. The molecule has 0 saturated carbocycles. The summed E-state index contributed by atoms with van der Waals surface area (Å²) in [5, 5.41) is 13.1. The van der Waals surface area contributed by atoms with E-state index in [0.717, 1.165) is 0 Å². The van der Waals surface area contributed by atoms with Gasteiger partial charge in [-0.1, -0.05) is 23.2 Å². The lowest BCUT2D eigenvalue weighted by Crippen LogP contribution is -1.99. The number of aromatic nitrogens is 2. The highest BCUT2D eigenvalue weighted by Crippen LogP contribution is 2.35. The number of phenolic OH excluding ortho intramolecular Hbond substituents is 1. The van der Waals surface area contributed by atoms with Gasteiger partial charge >= 0.3 is 0 Å². The standard InChI is InChI=1S/C15H10Cl2FN3O2.ClH/c1-23-12-4-7-10(5-11(12)22)19-6-20-15(7)21-9-3-2-8(16)13(17)14(9)18;/h2-6,22H,1H3,(H,19,20,21);1H. The van der Waals surface area contributed by atoms with Gasteiger partial charge in [0.25, 0.3) is 0 Å². The van der Waals surface area contributed by atoms with Crippen molar-refractivity contribution in [2.45, 2.75) is 0 Å². The fourth-order valence-electron chi connectivity index (χ4n) is 2.09. The van der Waals surface area contributed by atoms with E-state index in [0.29, 0.717) is 16.7 Å². The third-order valence-corrected chi connectivity index (χ3v) is 4.01. The van der Waals surface area contributed by atoms with E-state index < -0.39 is 5.82 Å². The van der Waals surface area contributed by atoms with Crippen LogP contribution >= 0.6 is 35.6 Å². The van der Waals surface area contributed by atoms with Crippen LogP contribution in [0, 0.1) is 5.82 Å². The first-order chi connectivity index (χ1) is 11.0. The van der Waals surface area contributed by atoms with E-state index in [-0.39, 0.29) is 39.6 Å². The van der Waals surface area contributed by atoms with Gasteiger partial charge in [-0.25, -0.2) is 14.4 Å². The monoisotopic (exact) mass is 389 g/mol. The van der Waals surface area contributed by atoms with E-state index in [1.807, 2.05) is 0 Å². The Balaban J connectivity index is 0.00000208. The lowest BCUT2D eigenvalue weighted by atomic mass is 10.2. The maximum Gasteiger partial charge on any atom is 0.166 e. The van der Waals surface area contributed by atoms with Crippen molar-refractivity contribution < 1.29 is 14.2 Å². The molecule has 0 bridgehead atoms. The van der Waals surface area contributed by atoms with E-state index in [1.54, 1.807) is 6.07 Å². The Morgan fingerprint density at radius 2 is 1.96 bits per heavy atom. The summed E-state index contributed by atoms with van der Waals surface area (Å²) < 4.78 is 19.2. The molecule has 5 nitrogen and oxygen atoms in total. The van der Waals surface area contributed by atoms with Gasteiger partial charge in [-0.05, 0) is 18.2 Å². The summed E-state index contributed by atoms with van der Waals surface area (Å²) in [5.74, 6) is -0.141. The van der Waals surface area contributed by atoms with Crippen LogP contribution in [-0.2, 0) is 0 Å². The first-order valence-electron chi connectivity index (χ1n) is 6.43. The number of ether oxygens (including phenoxy) is 1. The molecule has 24 heavy (non-hydrogen) atoms. The Hall–Kier alpha value is -2.02. The van der Waals surface area contributed by atoms with Gasteiger partial charge < -0.3 is 15.2 Å². The van der Waals surface area contributed by atoms with E-state index >= 15 is 0 Å². The summed E-state index contributed by atoms with van der Waals surface area (Å²) in [6.45, 7) is 0. The lowest BCUT2D eigenvalue weighted by Gasteiger charge is -2.12. The van der Waals surface area contributed by atoms with Gasteiger partial charge in [0.05, 0.1) is 28.4 Å². The topological polar surface area (TPSA) is 67.3 Å². The highest BCUT2D eigenvalue weighted by Gasteiger charge is 2.14. The number of rotatable bonds is 3. The van der Waals surface area contributed by atoms with E-state index in [2.05, 4.69) is 15.3 Å². The van der Waals surface area contributed by atoms with Crippen molar-refractivity contribution in [1.29, 1.82) is 0 Å². The number of nitrogens with one attached hydrogen (secondary N) is 1. The fourth-order valence-corrected chi connectivity index (χ4v) is 2.40. The molecule has 2 N–H and O–H groups in total. The number of methoxy groups -OCH3 is 1. The van der Waals surface area contributed by atoms with Crippen LogP contribution in [-0.4, -0.2) is 22.2 Å². The van der Waals surface area contributed by atoms with Gasteiger partial charge in [-0.15, -0.1) is 12.4 Å². The van der Waals surface area contributed by atoms with Crippen LogP contribution in [0.5, 0.6) is 11.5 Å². The van der Waals surface area contributed by atoms with E-state index in [1.165, 1.54) is 31.6 Å². The maximum absolute atomic E-state index is 14.2. The second kappa shape index (κ2) is 7.25. The molecule has 126 valence electrons. The third kappa shape index (κ3) is 3.26. The van der Waals surface area contributed by atoms with Gasteiger partial charge in [0.15, 0.2) is 17.3 Å². The number of anilines is 2. The first kappa shape index (κ1) is 18.3.